The van der Waals surface area contributed by atoms with Gasteiger partial charge in [0.25, 0.3) is 0 Å². The van der Waals surface area contributed by atoms with Crippen LogP contribution < -0.4 is 5.32 Å². The van der Waals surface area contributed by atoms with Gasteiger partial charge in [-0.2, -0.15) is 11.8 Å². The summed E-state index contributed by atoms with van der Waals surface area (Å²) in [5, 5.41) is 3.48. The Hall–Kier alpha value is -0.770. The van der Waals surface area contributed by atoms with Crippen LogP contribution in [0, 0.1) is 0 Å². The number of aryl methyl sites for hydroxylation is 2. The van der Waals surface area contributed by atoms with Crippen LogP contribution in [0.2, 0.25) is 0 Å². The van der Waals surface area contributed by atoms with E-state index in [9.17, 15) is 0 Å². The lowest BCUT2D eigenvalue weighted by Gasteiger charge is -2.15. The highest BCUT2D eigenvalue weighted by atomic mass is 32.2. The van der Waals surface area contributed by atoms with E-state index < -0.39 is 0 Å². The quantitative estimate of drug-likeness (QED) is 0.898. The number of hydrogen-bond donors (Lipinski definition) is 1. The first-order valence-corrected chi connectivity index (χ1v) is 9.24. The van der Waals surface area contributed by atoms with Crippen molar-refractivity contribution in [3.63, 3.8) is 0 Å². The topological polar surface area (TPSA) is 12.0 Å². The molecule has 106 valence electrons. The van der Waals surface area contributed by atoms with Crippen molar-refractivity contribution in [2.45, 2.75) is 31.6 Å². The van der Waals surface area contributed by atoms with Crippen LogP contribution in [0.4, 0.5) is 0 Å². The molecule has 0 spiro atoms. The van der Waals surface area contributed by atoms with Gasteiger partial charge in [-0.15, -0.1) is 11.3 Å². The number of fused-ring (bicyclic) bond motifs is 1. The SMILES string of the molecule is CCc1ccc(C(NC)c2cc3c(s2)CCSC3)cc1. The molecule has 3 rings (SSSR count). The van der Waals surface area contributed by atoms with Gasteiger partial charge in [0.1, 0.15) is 0 Å². The van der Waals surface area contributed by atoms with Gasteiger partial charge < -0.3 is 5.32 Å². The Labute approximate surface area is 129 Å². The largest absolute Gasteiger partial charge is 0.309 e. The number of hydrogen-bond acceptors (Lipinski definition) is 3. The molecule has 1 nitrogen and oxygen atoms in total. The van der Waals surface area contributed by atoms with Crippen molar-refractivity contribution in [3.8, 4) is 0 Å². The molecule has 0 aliphatic carbocycles. The Bertz CT molecular complexity index is 548. The van der Waals surface area contributed by atoms with E-state index >= 15 is 0 Å². The molecule has 2 heterocycles. The van der Waals surface area contributed by atoms with Crippen LogP contribution in [-0.2, 0) is 18.6 Å². The molecular weight excluding hydrogens is 282 g/mol. The molecule has 0 fully saturated rings. The fourth-order valence-electron chi connectivity index (χ4n) is 2.73. The standard InChI is InChI=1S/C17H21NS2/c1-3-12-4-6-13(7-5-12)17(18-2)16-10-14-11-19-9-8-15(14)20-16/h4-7,10,17-18H,3,8-9,11H2,1-2H3. The summed E-state index contributed by atoms with van der Waals surface area (Å²) in [6.07, 6.45) is 2.35. The Morgan fingerprint density at radius 1 is 1.25 bits per heavy atom. The van der Waals surface area contributed by atoms with E-state index in [1.807, 2.05) is 11.3 Å². The van der Waals surface area contributed by atoms with Gasteiger partial charge >= 0.3 is 0 Å². The lowest BCUT2D eigenvalue weighted by Crippen LogP contribution is -2.16. The smallest absolute Gasteiger partial charge is 0.0668 e. The lowest BCUT2D eigenvalue weighted by molar-refractivity contribution is 0.703. The first kappa shape index (κ1) is 14.2. The molecule has 0 radical (unpaired) electrons. The summed E-state index contributed by atoms with van der Waals surface area (Å²) >= 11 is 4.05. The summed E-state index contributed by atoms with van der Waals surface area (Å²) in [7, 11) is 2.06. The average molecular weight is 303 g/mol. The number of nitrogens with one attached hydrogen (secondary N) is 1. The van der Waals surface area contributed by atoms with Gasteiger partial charge in [0.2, 0.25) is 0 Å². The highest BCUT2D eigenvalue weighted by Gasteiger charge is 2.19. The van der Waals surface area contributed by atoms with E-state index in [2.05, 4.69) is 61.4 Å². The minimum Gasteiger partial charge on any atom is -0.309 e. The molecule has 1 aliphatic heterocycles. The first-order chi connectivity index (χ1) is 9.81. The second-order valence-electron chi connectivity index (χ2n) is 5.22. The Morgan fingerprint density at radius 2 is 2.05 bits per heavy atom. The molecule has 0 bridgehead atoms. The van der Waals surface area contributed by atoms with Gasteiger partial charge in [0.05, 0.1) is 6.04 Å². The third-order valence-electron chi connectivity index (χ3n) is 3.94. The van der Waals surface area contributed by atoms with Gasteiger partial charge in [-0.25, -0.2) is 0 Å². The highest BCUT2D eigenvalue weighted by molar-refractivity contribution is 7.98. The monoisotopic (exact) mass is 303 g/mol. The van der Waals surface area contributed by atoms with E-state index in [0.717, 1.165) is 6.42 Å². The van der Waals surface area contributed by atoms with Crippen LogP contribution in [-0.4, -0.2) is 12.8 Å². The van der Waals surface area contributed by atoms with E-state index in [1.54, 1.807) is 10.4 Å². The number of thiophene rings is 1. The van der Waals surface area contributed by atoms with Gasteiger partial charge in [-0.05, 0) is 48.4 Å². The van der Waals surface area contributed by atoms with E-state index in [-0.39, 0.29) is 0 Å². The van der Waals surface area contributed by atoms with E-state index in [4.69, 9.17) is 0 Å². The molecule has 1 aromatic carbocycles. The number of thioether (sulfide) groups is 1. The minimum absolute atomic E-state index is 0.335. The van der Waals surface area contributed by atoms with Crippen LogP contribution >= 0.6 is 23.1 Å². The molecule has 1 aliphatic rings. The summed E-state index contributed by atoms with van der Waals surface area (Å²) in [5.74, 6) is 2.47. The van der Waals surface area contributed by atoms with Crippen LogP contribution in [0.15, 0.2) is 30.3 Å². The molecule has 2 aromatic rings. The zero-order chi connectivity index (χ0) is 13.9. The van der Waals surface area contributed by atoms with Crippen molar-refractivity contribution in [1.29, 1.82) is 0 Å². The normalized spacial score (nSPS) is 15.9. The third-order valence-corrected chi connectivity index (χ3v) is 6.25. The predicted octanol–water partition coefficient (Wildman–Crippen LogP) is 4.41. The lowest BCUT2D eigenvalue weighted by atomic mass is 10.0. The minimum atomic E-state index is 0.335. The third kappa shape index (κ3) is 2.80. The fourth-order valence-corrected chi connectivity index (χ4v) is 5.25. The van der Waals surface area contributed by atoms with Crippen molar-refractivity contribution in [3.05, 3.63) is 56.8 Å². The second-order valence-corrected chi connectivity index (χ2v) is 7.49. The van der Waals surface area contributed by atoms with E-state index in [1.165, 1.54) is 33.9 Å². The van der Waals surface area contributed by atoms with Crippen LogP contribution in [0.25, 0.3) is 0 Å². The molecule has 3 heteroatoms. The molecular formula is C17H21NS2. The highest BCUT2D eigenvalue weighted by Crippen LogP contribution is 2.36. The summed E-state index contributed by atoms with van der Waals surface area (Å²) in [4.78, 5) is 3.06. The average Bonchev–Trinajstić information content (AvgIpc) is 2.92. The summed E-state index contributed by atoms with van der Waals surface area (Å²) in [6.45, 7) is 2.20. The molecule has 20 heavy (non-hydrogen) atoms. The molecule has 1 unspecified atom stereocenters. The van der Waals surface area contributed by atoms with Gasteiger partial charge in [0, 0.05) is 15.5 Å². The Kier molecular flexibility index (Phi) is 4.49. The van der Waals surface area contributed by atoms with Gasteiger partial charge in [-0.1, -0.05) is 31.2 Å². The van der Waals surface area contributed by atoms with Crippen molar-refractivity contribution < 1.29 is 0 Å². The second kappa shape index (κ2) is 6.33. The van der Waals surface area contributed by atoms with Gasteiger partial charge in [-0.3, -0.25) is 0 Å². The summed E-state index contributed by atoms with van der Waals surface area (Å²) in [5.41, 5.74) is 4.34. The van der Waals surface area contributed by atoms with Crippen molar-refractivity contribution in [2.24, 2.45) is 0 Å². The fraction of sp³-hybridized carbons (Fsp3) is 0.412. The molecule has 0 saturated heterocycles. The number of benzene rings is 1. The van der Waals surface area contributed by atoms with Crippen LogP contribution in [0.5, 0.6) is 0 Å². The first-order valence-electron chi connectivity index (χ1n) is 7.27. The zero-order valence-corrected chi connectivity index (χ0v) is 13.7. The maximum absolute atomic E-state index is 3.48. The molecule has 0 amide bonds. The van der Waals surface area contributed by atoms with E-state index in [0.29, 0.717) is 6.04 Å². The maximum Gasteiger partial charge on any atom is 0.0668 e. The summed E-state index contributed by atoms with van der Waals surface area (Å²) in [6, 6.07) is 11.8. The van der Waals surface area contributed by atoms with Gasteiger partial charge in [0.15, 0.2) is 0 Å². The Morgan fingerprint density at radius 3 is 2.70 bits per heavy atom. The van der Waals surface area contributed by atoms with Crippen molar-refractivity contribution in [1.82, 2.24) is 5.32 Å². The molecule has 1 atom stereocenters. The molecule has 1 N–H and O–H groups in total. The van der Waals surface area contributed by atoms with Crippen LogP contribution in [0.3, 0.4) is 0 Å². The molecule has 1 aromatic heterocycles. The van der Waals surface area contributed by atoms with Crippen molar-refractivity contribution >= 4 is 23.1 Å². The van der Waals surface area contributed by atoms with Crippen LogP contribution in [0.1, 0.15) is 39.4 Å². The maximum atomic E-state index is 3.48. The molecule has 0 saturated carbocycles. The predicted molar refractivity (Wildman–Crippen MR) is 90.9 cm³/mol. The number of rotatable bonds is 4. The Balaban J connectivity index is 1.90. The zero-order valence-electron chi connectivity index (χ0n) is 12.1. The van der Waals surface area contributed by atoms with Crippen molar-refractivity contribution in [2.75, 3.05) is 12.8 Å². The summed E-state index contributed by atoms with van der Waals surface area (Å²) < 4.78 is 0.